The lowest BCUT2D eigenvalue weighted by Gasteiger charge is -2.29. The summed E-state index contributed by atoms with van der Waals surface area (Å²) in [5, 5.41) is 0. The second kappa shape index (κ2) is 7.90. The highest BCUT2D eigenvalue weighted by Crippen LogP contribution is 2.29. The number of rotatable bonds is 3. The SMILES string of the molecule is CC(C)(C)OC(=O)N1C[C@H](Oc2ccc(N3CCCCC3)c(F)c2)[C@@H](F)C1. The molecule has 2 aliphatic heterocycles. The maximum Gasteiger partial charge on any atom is 0.410 e. The number of halogens is 2. The standard InChI is InChI=1S/C20H28F2N2O3/c1-20(2,3)27-19(25)24-12-16(22)18(13-24)26-14-7-8-17(15(21)11-14)23-9-5-4-6-10-23/h7-8,11,16,18H,4-6,9-10,12-13H2,1-3H3/t16-,18-/m0/s1. The molecule has 2 heterocycles. The molecule has 0 radical (unpaired) electrons. The van der Waals surface area contributed by atoms with Crippen LogP contribution in [0.25, 0.3) is 0 Å². The van der Waals surface area contributed by atoms with E-state index in [2.05, 4.69) is 0 Å². The average Bonchev–Trinajstić information content (AvgIpc) is 2.95. The number of piperidine rings is 1. The first-order valence-corrected chi connectivity index (χ1v) is 9.56. The van der Waals surface area contributed by atoms with Gasteiger partial charge >= 0.3 is 6.09 Å². The number of ether oxygens (including phenoxy) is 2. The lowest BCUT2D eigenvalue weighted by Crippen LogP contribution is -2.36. The third kappa shape index (κ3) is 5.02. The number of nitrogens with zero attached hydrogens (tertiary/aromatic N) is 2. The number of hydrogen-bond acceptors (Lipinski definition) is 4. The summed E-state index contributed by atoms with van der Waals surface area (Å²) in [6, 6.07) is 4.65. The largest absolute Gasteiger partial charge is 0.485 e. The van der Waals surface area contributed by atoms with Crippen LogP contribution >= 0.6 is 0 Å². The van der Waals surface area contributed by atoms with Gasteiger partial charge in [-0.15, -0.1) is 0 Å². The van der Waals surface area contributed by atoms with E-state index < -0.39 is 24.0 Å². The van der Waals surface area contributed by atoms with Gasteiger partial charge < -0.3 is 19.3 Å². The molecule has 0 aromatic heterocycles. The Balaban J connectivity index is 1.61. The molecule has 1 aromatic carbocycles. The predicted octanol–water partition coefficient (Wildman–Crippen LogP) is 4.15. The smallest absolute Gasteiger partial charge is 0.410 e. The fraction of sp³-hybridized carbons (Fsp3) is 0.650. The predicted molar refractivity (Wildman–Crippen MR) is 99.6 cm³/mol. The zero-order valence-corrected chi connectivity index (χ0v) is 16.2. The second-order valence-electron chi connectivity index (χ2n) is 8.22. The zero-order chi connectivity index (χ0) is 19.6. The molecule has 0 bridgehead atoms. The van der Waals surface area contributed by atoms with Gasteiger partial charge in [-0.1, -0.05) is 0 Å². The summed E-state index contributed by atoms with van der Waals surface area (Å²) < 4.78 is 39.7. The first-order chi connectivity index (χ1) is 12.7. The van der Waals surface area contributed by atoms with Gasteiger partial charge in [-0.25, -0.2) is 13.6 Å². The van der Waals surface area contributed by atoms with Gasteiger partial charge in [0.1, 0.15) is 23.3 Å². The molecular formula is C20H28F2N2O3. The molecule has 0 aliphatic carbocycles. The summed E-state index contributed by atoms with van der Waals surface area (Å²) in [4.78, 5) is 15.4. The number of benzene rings is 1. The number of amides is 1. The van der Waals surface area contributed by atoms with Gasteiger partial charge in [0.15, 0.2) is 6.17 Å². The van der Waals surface area contributed by atoms with Crippen LogP contribution in [0.15, 0.2) is 18.2 Å². The van der Waals surface area contributed by atoms with Crippen LogP contribution in [0, 0.1) is 5.82 Å². The Morgan fingerprint density at radius 2 is 1.85 bits per heavy atom. The first kappa shape index (κ1) is 19.7. The van der Waals surface area contributed by atoms with E-state index in [4.69, 9.17) is 9.47 Å². The molecule has 150 valence electrons. The molecule has 1 aromatic rings. The van der Waals surface area contributed by atoms with Crippen molar-refractivity contribution in [3.05, 3.63) is 24.0 Å². The van der Waals surface area contributed by atoms with Crippen LogP contribution in [0.4, 0.5) is 19.3 Å². The van der Waals surface area contributed by atoms with Gasteiger partial charge in [0.05, 0.1) is 18.8 Å². The number of carbonyl (C=O) groups excluding carboxylic acids is 1. The molecule has 0 unspecified atom stereocenters. The molecule has 3 rings (SSSR count). The minimum atomic E-state index is -1.35. The van der Waals surface area contributed by atoms with Crippen LogP contribution in [0.2, 0.25) is 0 Å². The van der Waals surface area contributed by atoms with E-state index in [-0.39, 0.29) is 24.7 Å². The van der Waals surface area contributed by atoms with Crippen molar-refractivity contribution in [1.82, 2.24) is 4.90 Å². The van der Waals surface area contributed by atoms with Gasteiger partial charge in [0.25, 0.3) is 0 Å². The molecule has 2 atom stereocenters. The molecule has 5 nitrogen and oxygen atoms in total. The Kier molecular flexibility index (Phi) is 5.77. The van der Waals surface area contributed by atoms with Crippen LogP contribution < -0.4 is 9.64 Å². The van der Waals surface area contributed by atoms with Gasteiger partial charge in [-0.05, 0) is 52.2 Å². The van der Waals surface area contributed by atoms with Crippen molar-refractivity contribution in [3.63, 3.8) is 0 Å². The Morgan fingerprint density at radius 3 is 2.48 bits per heavy atom. The minimum Gasteiger partial charge on any atom is -0.485 e. The maximum atomic E-state index is 14.5. The van der Waals surface area contributed by atoms with Gasteiger partial charge in [0.2, 0.25) is 0 Å². The summed E-state index contributed by atoms with van der Waals surface area (Å²) in [5.74, 6) is -0.0984. The number of likely N-dealkylation sites (tertiary alicyclic amines) is 1. The molecule has 0 spiro atoms. The summed E-state index contributed by atoms with van der Waals surface area (Å²) >= 11 is 0. The third-order valence-corrected chi connectivity index (χ3v) is 4.75. The van der Waals surface area contributed by atoms with Crippen LogP contribution in [0.1, 0.15) is 40.0 Å². The molecule has 0 N–H and O–H groups in total. The monoisotopic (exact) mass is 382 g/mol. The Labute approximate surface area is 159 Å². The summed E-state index contributed by atoms with van der Waals surface area (Å²) in [6.07, 6.45) is 0.545. The van der Waals surface area contributed by atoms with Crippen LogP contribution in [0.3, 0.4) is 0 Å². The number of anilines is 1. The molecule has 2 fully saturated rings. The van der Waals surface area contributed by atoms with E-state index in [1.54, 1.807) is 32.9 Å². The normalized spacial score (nSPS) is 23.4. The number of hydrogen-bond donors (Lipinski definition) is 0. The van der Waals surface area contributed by atoms with Gasteiger partial charge in [-0.3, -0.25) is 0 Å². The van der Waals surface area contributed by atoms with Crippen LogP contribution in [-0.2, 0) is 4.74 Å². The highest BCUT2D eigenvalue weighted by molar-refractivity contribution is 5.68. The summed E-state index contributed by atoms with van der Waals surface area (Å²) in [7, 11) is 0. The third-order valence-electron chi connectivity index (χ3n) is 4.75. The lowest BCUT2D eigenvalue weighted by atomic mass is 10.1. The number of alkyl halides is 1. The lowest BCUT2D eigenvalue weighted by molar-refractivity contribution is 0.0273. The molecular weight excluding hydrogens is 354 g/mol. The topological polar surface area (TPSA) is 42.0 Å². The average molecular weight is 382 g/mol. The van der Waals surface area contributed by atoms with Crippen molar-refractivity contribution >= 4 is 11.8 Å². The van der Waals surface area contributed by atoms with Crippen molar-refractivity contribution in [2.75, 3.05) is 31.1 Å². The van der Waals surface area contributed by atoms with Gasteiger partial charge in [-0.2, -0.15) is 0 Å². The van der Waals surface area contributed by atoms with Gasteiger partial charge in [0, 0.05) is 19.2 Å². The van der Waals surface area contributed by atoms with Crippen molar-refractivity contribution in [1.29, 1.82) is 0 Å². The maximum absolute atomic E-state index is 14.5. The first-order valence-electron chi connectivity index (χ1n) is 9.56. The van der Waals surface area contributed by atoms with Crippen molar-refractivity contribution < 1.29 is 23.0 Å². The molecule has 2 aliphatic rings. The molecule has 0 saturated carbocycles. The zero-order valence-electron chi connectivity index (χ0n) is 16.2. The highest BCUT2D eigenvalue weighted by atomic mass is 19.1. The van der Waals surface area contributed by atoms with E-state index in [1.807, 2.05) is 4.90 Å². The minimum absolute atomic E-state index is 0.0750. The quantitative estimate of drug-likeness (QED) is 0.788. The van der Waals surface area contributed by atoms with Crippen LogP contribution in [0.5, 0.6) is 5.75 Å². The van der Waals surface area contributed by atoms with Crippen LogP contribution in [-0.4, -0.2) is 55.0 Å². The van der Waals surface area contributed by atoms with E-state index in [1.165, 1.54) is 17.4 Å². The Morgan fingerprint density at radius 1 is 1.15 bits per heavy atom. The second-order valence-corrected chi connectivity index (χ2v) is 8.22. The molecule has 2 saturated heterocycles. The van der Waals surface area contributed by atoms with E-state index in [9.17, 15) is 13.6 Å². The van der Waals surface area contributed by atoms with Crippen molar-refractivity contribution in [2.45, 2.75) is 57.9 Å². The Hall–Kier alpha value is -2.05. The van der Waals surface area contributed by atoms with E-state index >= 15 is 0 Å². The molecule has 27 heavy (non-hydrogen) atoms. The fourth-order valence-corrected chi connectivity index (χ4v) is 3.45. The summed E-state index contributed by atoms with van der Waals surface area (Å²) in [5.41, 5.74) is -0.0874. The van der Waals surface area contributed by atoms with Crippen molar-refractivity contribution in [2.24, 2.45) is 0 Å². The van der Waals surface area contributed by atoms with E-state index in [0.717, 1.165) is 25.9 Å². The fourth-order valence-electron chi connectivity index (χ4n) is 3.45. The highest BCUT2D eigenvalue weighted by Gasteiger charge is 2.39. The Bertz CT molecular complexity index is 672. The molecule has 1 amide bonds. The van der Waals surface area contributed by atoms with E-state index in [0.29, 0.717) is 5.69 Å². The van der Waals surface area contributed by atoms with Crippen molar-refractivity contribution in [3.8, 4) is 5.75 Å². The molecule has 7 heteroatoms. The number of carbonyl (C=O) groups is 1. The summed E-state index contributed by atoms with van der Waals surface area (Å²) in [6.45, 7) is 6.95.